The lowest BCUT2D eigenvalue weighted by molar-refractivity contribution is -0.135. The van der Waals surface area contributed by atoms with Crippen molar-refractivity contribution in [1.29, 1.82) is 0 Å². The van der Waals surface area contributed by atoms with Crippen LogP contribution < -0.4 is 15.0 Å². The lowest BCUT2D eigenvalue weighted by atomic mass is 9.75. The molecule has 34 heavy (non-hydrogen) atoms. The van der Waals surface area contributed by atoms with Crippen molar-refractivity contribution in [3.05, 3.63) is 51.0 Å². The van der Waals surface area contributed by atoms with Gasteiger partial charge in [0.25, 0.3) is 0 Å². The Hall–Kier alpha value is -2.61. The first kappa shape index (κ1) is 21.9. The summed E-state index contributed by atoms with van der Waals surface area (Å²) in [5.41, 5.74) is 2.00. The third kappa shape index (κ3) is 2.50. The molecule has 6 rings (SSSR count). The molecule has 1 N–H and O–H groups in total. The summed E-state index contributed by atoms with van der Waals surface area (Å²) in [7, 11) is 1.47. The van der Waals surface area contributed by atoms with E-state index < -0.39 is 23.3 Å². The van der Waals surface area contributed by atoms with Gasteiger partial charge in [-0.2, -0.15) is 0 Å². The molecule has 4 unspecified atom stereocenters. The minimum Gasteiger partial charge on any atom is -0.495 e. The number of hydrogen-bond acceptors (Lipinski definition) is 5. The Labute approximate surface area is 206 Å². The minimum absolute atomic E-state index is 0.207. The van der Waals surface area contributed by atoms with Gasteiger partial charge in [0.1, 0.15) is 11.3 Å². The van der Waals surface area contributed by atoms with E-state index in [0.717, 1.165) is 24.0 Å². The second kappa shape index (κ2) is 7.20. The van der Waals surface area contributed by atoms with Gasteiger partial charge in [-0.1, -0.05) is 23.2 Å². The minimum atomic E-state index is -1.27. The van der Waals surface area contributed by atoms with Crippen molar-refractivity contribution in [1.82, 2.24) is 4.90 Å². The highest BCUT2D eigenvalue weighted by molar-refractivity contribution is 6.32. The van der Waals surface area contributed by atoms with Crippen molar-refractivity contribution in [3.8, 4) is 5.75 Å². The molecule has 4 aliphatic heterocycles. The van der Waals surface area contributed by atoms with Crippen molar-refractivity contribution >= 4 is 52.3 Å². The zero-order valence-corrected chi connectivity index (χ0v) is 20.5. The number of hydrogen-bond donors (Lipinski definition) is 1. The van der Waals surface area contributed by atoms with Crippen LogP contribution in [-0.2, 0) is 19.9 Å². The van der Waals surface area contributed by atoms with E-state index in [4.69, 9.17) is 27.9 Å². The summed E-state index contributed by atoms with van der Waals surface area (Å²) in [5, 5.41) is 3.99. The predicted octanol–water partition coefficient (Wildman–Crippen LogP) is 4.05. The summed E-state index contributed by atoms with van der Waals surface area (Å²) < 4.78 is 5.49. The second-order valence-corrected chi connectivity index (χ2v) is 10.4. The predicted molar refractivity (Wildman–Crippen MR) is 128 cm³/mol. The van der Waals surface area contributed by atoms with Crippen molar-refractivity contribution in [2.75, 3.05) is 23.9 Å². The maximum Gasteiger partial charge on any atom is 0.250 e. The van der Waals surface area contributed by atoms with Crippen LogP contribution in [-0.4, -0.2) is 42.3 Å². The maximum atomic E-state index is 14.2. The molecular weight excluding hydrogens is 477 g/mol. The number of halogens is 2. The average molecular weight is 500 g/mol. The molecule has 1 spiro atoms. The summed E-state index contributed by atoms with van der Waals surface area (Å²) >= 11 is 12.7. The monoisotopic (exact) mass is 499 g/mol. The fourth-order valence-corrected chi connectivity index (χ4v) is 7.09. The number of carbonyl (C=O) groups excluding carboxylic acids is 3. The van der Waals surface area contributed by atoms with E-state index >= 15 is 0 Å². The molecule has 3 fully saturated rings. The summed E-state index contributed by atoms with van der Waals surface area (Å²) in [6.45, 7) is 4.33. The molecule has 0 bridgehead atoms. The Morgan fingerprint density at radius 1 is 1.06 bits per heavy atom. The number of fused-ring (bicyclic) bond motifs is 7. The highest BCUT2D eigenvalue weighted by Gasteiger charge is 2.75. The molecule has 3 saturated heterocycles. The normalized spacial score (nSPS) is 29.6. The Morgan fingerprint density at radius 2 is 1.82 bits per heavy atom. The van der Waals surface area contributed by atoms with Crippen LogP contribution in [0.25, 0.3) is 0 Å². The molecule has 2 aromatic carbocycles. The topological polar surface area (TPSA) is 79.0 Å². The van der Waals surface area contributed by atoms with Gasteiger partial charge < -0.3 is 10.1 Å². The van der Waals surface area contributed by atoms with Gasteiger partial charge in [0.05, 0.1) is 24.6 Å². The number of nitrogens with zero attached hydrogens (tertiary/aromatic N) is 2. The van der Waals surface area contributed by atoms with Gasteiger partial charge in [-0.05, 0) is 62.6 Å². The molecule has 176 valence electrons. The van der Waals surface area contributed by atoms with E-state index in [0.29, 0.717) is 39.3 Å². The summed E-state index contributed by atoms with van der Waals surface area (Å²) in [6.07, 6.45) is 1.59. The molecule has 0 saturated carbocycles. The Kier molecular flexibility index (Phi) is 4.63. The smallest absolute Gasteiger partial charge is 0.250 e. The summed E-state index contributed by atoms with van der Waals surface area (Å²) in [6, 6.07) is 6.66. The molecule has 4 aliphatic rings. The Morgan fingerprint density at radius 3 is 2.56 bits per heavy atom. The number of nitrogens with one attached hydrogen (secondary N) is 1. The van der Waals surface area contributed by atoms with Crippen molar-refractivity contribution < 1.29 is 19.1 Å². The Bertz CT molecular complexity index is 1310. The van der Waals surface area contributed by atoms with Crippen LogP contribution >= 0.6 is 23.2 Å². The summed E-state index contributed by atoms with van der Waals surface area (Å²) in [4.78, 5) is 45.2. The fraction of sp³-hybridized carbons (Fsp3) is 0.400. The van der Waals surface area contributed by atoms with Gasteiger partial charge in [0.2, 0.25) is 17.7 Å². The van der Waals surface area contributed by atoms with E-state index in [1.165, 1.54) is 12.0 Å². The molecule has 2 aromatic rings. The number of aryl methyl sites for hydroxylation is 2. The third-order valence-electron chi connectivity index (χ3n) is 7.96. The number of imide groups is 1. The van der Waals surface area contributed by atoms with Crippen LogP contribution in [0.1, 0.15) is 29.5 Å². The van der Waals surface area contributed by atoms with Gasteiger partial charge in [0, 0.05) is 33.4 Å². The number of rotatable bonds is 2. The van der Waals surface area contributed by atoms with Crippen molar-refractivity contribution in [3.63, 3.8) is 0 Å². The largest absolute Gasteiger partial charge is 0.495 e. The van der Waals surface area contributed by atoms with E-state index in [1.807, 2.05) is 13.8 Å². The van der Waals surface area contributed by atoms with Crippen LogP contribution in [0.5, 0.6) is 5.75 Å². The number of anilines is 2. The maximum absolute atomic E-state index is 14.2. The zero-order valence-electron chi connectivity index (χ0n) is 18.9. The molecule has 4 heterocycles. The second-order valence-electron chi connectivity index (χ2n) is 9.56. The average Bonchev–Trinajstić information content (AvgIpc) is 3.49. The van der Waals surface area contributed by atoms with E-state index in [2.05, 4.69) is 10.2 Å². The SMILES string of the molecule is COc1cc(Cl)c(C)cc1N1C(=O)C2C3CCCN3C3(C(=O)Nc4c(C)cc(Cl)cc43)C2C1=O. The third-order valence-corrected chi connectivity index (χ3v) is 8.59. The number of ether oxygens (including phenoxy) is 1. The molecule has 3 amide bonds. The van der Waals surface area contributed by atoms with Gasteiger partial charge in [-0.25, -0.2) is 4.90 Å². The van der Waals surface area contributed by atoms with Gasteiger partial charge in [-0.15, -0.1) is 0 Å². The first-order valence-electron chi connectivity index (χ1n) is 11.3. The van der Waals surface area contributed by atoms with E-state index in [-0.39, 0.29) is 17.9 Å². The van der Waals surface area contributed by atoms with E-state index in [9.17, 15) is 14.4 Å². The van der Waals surface area contributed by atoms with Crippen LogP contribution in [0.3, 0.4) is 0 Å². The number of amides is 3. The van der Waals surface area contributed by atoms with Crippen molar-refractivity contribution in [2.45, 2.75) is 38.3 Å². The Balaban J connectivity index is 1.58. The molecule has 0 radical (unpaired) electrons. The van der Waals surface area contributed by atoms with Crippen LogP contribution in [0.2, 0.25) is 10.0 Å². The fourth-order valence-electron chi connectivity index (χ4n) is 6.66. The molecule has 9 heteroatoms. The molecule has 4 atom stereocenters. The van der Waals surface area contributed by atoms with Crippen LogP contribution in [0.15, 0.2) is 24.3 Å². The standard InChI is InChI=1S/C25H23Cl2N3O4/c1-11-8-17(18(34-3)10-15(11)27)30-22(31)19-16-5-4-6-29(16)25(20(19)23(30)32)14-9-13(26)7-12(2)21(14)28-24(25)33/h7-10,16,19-20H,4-6H2,1-3H3,(H,28,33). The van der Waals surface area contributed by atoms with E-state index in [1.54, 1.807) is 24.3 Å². The lowest BCUT2D eigenvalue weighted by Gasteiger charge is -2.36. The van der Waals surface area contributed by atoms with Crippen molar-refractivity contribution in [2.24, 2.45) is 11.8 Å². The zero-order chi connectivity index (χ0) is 24.1. The van der Waals surface area contributed by atoms with Gasteiger partial charge in [-0.3, -0.25) is 19.3 Å². The molecule has 7 nitrogen and oxygen atoms in total. The first-order chi connectivity index (χ1) is 16.2. The first-order valence-corrected chi connectivity index (χ1v) is 12.1. The van der Waals surface area contributed by atoms with Crippen LogP contribution in [0, 0.1) is 25.7 Å². The summed E-state index contributed by atoms with van der Waals surface area (Å²) in [5.74, 6) is -2.12. The number of carbonyl (C=O) groups is 3. The number of methoxy groups -OCH3 is 1. The van der Waals surface area contributed by atoms with Crippen LogP contribution in [0.4, 0.5) is 11.4 Å². The van der Waals surface area contributed by atoms with Gasteiger partial charge in [0.15, 0.2) is 0 Å². The molecular formula is C25H23Cl2N3O4. The lowest BCUT2D eigenvalue weighted by Crippen LogP contribution is -2.54. The number of benzene rings is 2. The van der Waals surface area contributed by atoms with Gasteiger partial charge >= 0.3 is 0 Å². The highest BCUT2D eigenvalue weighted by Crippen LogP contribution is 2.61. The highest BCUT2D eigenvalue weighted by atomic mass is 35.5. The molecule has 0 aliphatic carbocycles. The molecule has 0 aromatic heterocycles. The quantitative estimate of drug-likeness (QED) is 0.630.